The fourth-order valence-corrected chi connectivity index (χ4v) is 4.43. The first-order valence-corrected chi connectivity index (χ1v) is 9.49. The molecule has 0 bridgehead atoms. The molecule has 5 nitrogen and oxygen atoms in total. The van der Waals surface area contributed by atoms with Gasteiger partial charge in [-0.3, -0.25) is 0 Å². The van der Waals surface area contributed by atoms with Crippen molar-refractivity contribution >= 4 is 11.7 Å². The van der Waals surface area contributed by atoms with Crippen LogP contribution in [0, 0.1) is 5.92 Å². The summed E-state index contributed by atoms with van der Waals surface area (Å²) in [4.78, 5) is 15.1. The van der Waals surface area contributed by atoms with Crippen LogP contribution in [0.2, 0.25) is 0 Å². The van der Waals surface area contributed by atoms with Gasteiger partial charge in [0.25, 0.3) is 0 Å². The predicted molar refractivity (Wildman–Crippen MR) is 98.9 cm³/mol. The van der Waals surface area contributed by atoms with E-state index in [1.54, 1.807) is 10.9 Å². The summed E-state index contributed by atoms with van der Waals surface area (Å²) in [6.45, 7) is 0.872. The van der Waals surface area contributed by atoms with Gasteiger partial charge in [0, 0.05) is 25.0 Å². The Morgan fingerprint density at radius 1 is 1.04 bits per heavy atom. The Kier molecular flexibility index (Phi) is 4.72. The number of anilines is 1. The van der Waals surface area contributed by atoms with Crippen LogP contribution in [0.25, 0.3) is 5.69 Å². The molecule has 1 saturated heterocycles. The fraction of sp³-hybridized carbons (Fsp3) is 0.500. The van der Waals surface area contributed by atoms with Crippen molar-refractivity contribution in [2.24, 2.45) is 5.92 Å². The number of benzene rings is 1. The molecule has 132 valence electrons. The Morgan fingerprint density at radius 2 is 1.88 bits per heavy atom. The number of urea groups is 1. The third-order valence-corrected chi connectivity index (χ3v) is 5.65. The van der Waals surface area contributed by atoms with Crippen molar-refractivity contribution in [3.05, 3.63) is 42.7 Å². The van der Waals surface area contributed by atoms with Crippen LogP contribution in [0.1, 0.15) is 44.9 Å². The minimum atomic E-state index is 0.0349. The molecular formula is C20H26N4O. The molecule has 5 heteroatoms. The van der Waals surface area contributed by atoms with Crippen LogP contribution in [0.5, 0.6) is 0 Å². The van der Waals surface area contributed by atoms with Crippen molar-refractivity contribution in [3.8, 4) is 5.69 Å². The van der Waals surface area contributed by atoms with Gasteiger partial charge in [0.1, 0.15) is 0 Å². The summed E-state index contributed by atoms with van der Waals surface area (Å²) in [5.74, 6) is 0.684. The zero-order chi connectivity index (χ0) is 17.1. The Labute approximate surface area is 149 Å². The molecule has 4 rings (SSSR count). The Hall–Kier alpha value is -2.30. The number of aromatic nitrogens is 2. The number of likely N-dealkylation sites (tertiary alicyclic amines) is 1. The van der Waals surface area contributed by atoms with Crippen LogP contribution in [0.3, 0.4) is 0 Å². The standard InChI is InChI=1S/C20H26N4O/c25-20(23-14-6-12-18(23)16-8-2-1-3-9-16)22-17-10-4-5-11-19(17)24-15-7-13-21-24/h4-5,7,10-11,13,15-16,18H,1-3,6,8-9,12,14H2,(H,22,25). The summed E-state index contributed by atoms with van der Waals surface area (Å²) in [6.07, 6.45) is 12.5. The molecule has 1 atom stereocenters. The molecule has 2 amide bonds. The number of rotatable bonds is 3. The van der Waals surface area contributed by atoms with E-state index in [1.165, 1.54) is 32.1 Å². The SMILES string of the molecule is O=C(Nc1ccccc1-n1cccn1)N1CCCC1C1CCCCC1. The van der Waals surface area contributed by atoms with Crippen molar-refractivity contribution < 1.29 is 4.79 Å². The summed E-state index contributed by atoms with van der Waals surface area (Å²) >= 11 is 0. The highest BCUT2D eigenvalue weighted by molar-refractivity contribution is 5.92. The van der Waals surface area contributed by atoms with Crippen LogP contribution >= 0.6 is 0 Å². The molecular weight excluding hydrogens is 312 g/mol. The quantitative estimate of drug-likeness (QED) is 0.899. The van der Waals surface area contributed by atoms with E-state index in [-0.39, 0.29) is 6.03 Å². The molecule has 1 aliphatic carbocycles. The van der Waals surface area contributed by atoms with Gasteiger partial charge in [-0.2, -0.15) is 5.10 Å². The molecule has 1 aromatic heterocycles. The second-order valence-electron chi connectivity index (χ2n) is 7.20. The highest BCUT2D eigenvalue weighted by atomic mass is 16.2. The normalized spacial score (nSPS) is 21.4. The number of carbonyl (C=O) groups excluding carboxylic acids is 1. The zero-order valence-corrected chi connectivity index (χ0v) is 14.6. The first-order valence-electron chi connectivity index (χ1n) is 9.49. The van der Waals surface area contributed by atoms with Crippen LogP contribution in [0.15, 0.2) is 42.7 Å². The summed E-state index contributed by atoms with van der Waals surface area (Å²) in [5.41, 5.74) is 1.71. The summed E-state index contributed by atoms with van der Waals surface area (Å²) < 4.78 is 1.79. The molecule has 2 heterocycles. The molecule has 1 N–H and O–H groups in total. The average Bonchev–Trinajstić information content (AvgIpc) is 3.35. The first kappa shape index (κ1) is 16.2. The van der Waals surface area contributed by atoms with Crippen LogP contribution in [-0.4, -0.2) is 33.3 Å². The van der Waals surface area contributed by atoms with Crippen LogP contribution < -0.4 is 5.32 Å². The van der Waals surface area contributed by atoms with Gasteiger partial charge in [-0.1, -0.05) is 31.4 Å². The predicted octanol–water partition coefficient (Wildman–Crippen LogP) is 4.45. The van der Waals surface area contributed by atoms with E-state index in [1.807, 2.05) is 36.5 Å². The smallest absolute Gasteiger partial charge is 0.321 e. The molecule has 25 heavy (non-hydrogen) atoms. The highest BCUT2D eigenvalue weighted by Gasteiger charge is 2.35. The molecule has 0 radical (unpaired) electrons. The lowest BCUT2D eigenvalue weighted by Crippen LogP contribution is -2.43. The fourth-order valence-electron chi connectivity index (χ4n) is 4.43. The molecule has 0 spiro atoms. The minimum absolute atomic E-state index is 0.0349. The number of carbonyl (C=O) groups is 1. The zero-order valence-electron chi connectivity index (χ0n) is 14.6. The monoisotopic (exact) mass is 338 g/mol. The molecule has 1 saturated carbocycles. The Bertz CT molecular complexity index is 706. The van der Waals surface area contributed by atoms with Gasteiger partial charge in [0.15, 0.2) is 0 Å². The largest absolute Gasteiger partial charge is 0.322 e. The van der Waals surface area contributed by atoms with Gasteiger partial charge in [-0.05, 0) is 49.8 Å². The lowest BCUT2D eigenvalue weighted by molar-refractivity contribution is 0.166. The van der Waals surface area contributed by atoms with Crippen molar-refractivity contribution in [1.29, 1.82) is 0 Å². The maximum Gasteiger partial charge on any atom is 0.322 e. The number of para-hydroxylation sites is 2. The van der Waals surface area contributed by atoms with Gasteiger partial charge < -0.3 is 10.2 Å². The summed E-state index contributed by atoms with van der Waals surface area (Å²) in [7, 11) is 0. The summed E-state index contributed by atoms with van der Waals surface area (Å²) in [6, 6.07) is 10.2. The van der Waals surface area contributed by atoms with Crippen molar-refractivity contribution in [1.82, 2.24) is 14.7 Å². The van der Waals surface area contributed by atoms with Crippen molar-refractivity contribution in [3.63, 3.8) is 0 Å². The van der Waals surface area contributed by atoms with Gasteiger partial charge in [-0.15, -0.1) is 0 Å². The number of hydrogen-bond acceptors (Lipinski definition) is 2. The van der Waals surface area contributed by atoms with Gasteiger partial charge in [0.05, 0.1) is 11.4 Å². The first-order chi connectivity index (χ1) is 12.3. The van der Waals surface area contributed by atoms with Gasteiger partial charge in [0.2, 0.25) is 0 Å². The number of nitrogens with zero attached hydrogens (tertiary/aromatic N) is 3. The van der Waals surface area contributed by atoms with Gasteiger partial charge in [-0.25, -0.2) is 9.48 Å². The van der Waals surface area contributed by atoms with Crippen LogP contribution in [-0.2, 0) is 0 Å². The van der Waals surface area contributed by atoms with E-state index < -0.39 is 0 Å². The van der Waals surface area contributed by atoms with Gasteiger partial charge >= 0.3 is 6.03 Å². The van der Waals surface area contributed by atoms with Crippen molar-refractivity contribution in [2.75, 3.05) is 11.9 Å². The van der Waals surface area contributed by atoms with Crippen molar-refractivity contribution in [2.45, 2.75) is 51.0 Å². The Balaban J connectivity index is 1.50. The van der Waals surface area contributed by atoms with Crippen LogP contribution in [0.4, 0.5) is 10.5 Å². The van der Waals surface area contributed by atoms with E-state index in [0.717, 1.165) is 30.8 Å². The summed E-state index contributed by atoms with van der Waals surface area (Å²) in [5, 5.41) is 7.43. The second-order valence-corrected chi connectivity index (χ2v) is 7.20. The molecule has 1 aromatic carbocycles. The topological polar surface area (TPSA) is 50.2 Å². The highest BCUT2D eigenvalue weighted by Crippen LogP contribution is 2.34. The van der Waals surface area contributed by atoms with E-state index >= 15 is 0 Å². The lowest BCUT2D eigenvalue weighted by atomic mass is 9.83. The molecule has 1 aliphatic heterocycles. The average molecular weight is 338 g/mol. The van der Waals surface area contributed by atoms with E-state index in [4.69, 9.17) is 0 Å². The maximum atomic E-state index is 13.0. The third-order valence-electron chi connectivity index (χ3n) is 5.65. The van der Waals surface area contributed by atoms with E-state index in [9.17, 15) is 4.79 Å². The van der Waals surface area contributed by atoms with E-state index in [0.29, 0.717) is 12.0 Å². The molecule has 2 aromatic rings. The number of nitrogens with one attached hydrogen (secondary N) is 1. The molecule has 2 fully saturated rings. The maximum absolute atomic E-state index is 13.0. The molecule has 1 unspecified atom stereocenters. The number of amides is 2. The second kappa shape index (κ2) is 7.30. The lowest BCUT2D eigenvalue weighted by Gasteiger charge is -2.34. The molecule has 2 aliphatic rings. The minimum Gasteiger partial charge on any atom is -0.321 e. The Morgan fingerprint density at radius 3 is 2.68 bits per heavy atom. The number of hydrogen-bond donors (Lipinski definition) is 1. The van der Waals surface area contributed by atoms with E-state index in [2.05, 4.69) is 15.3 Å². The third kappa shape index (κ3) is 3.41.